The molecule has 0 radical (unpaired) electrons. The van der Waals surface area contributed by atoms with E-state index in [4.69, 9.17) is 4.74 Å². The molecule has 0 saturated carbocycles. The van der Waals surface area contributed by atoms with Gasteiger partial charge >= 0.3 is 0 Å². The lowest BCUT2D eigenvalue weighted by atomic mass is 10.1. The van der Waals surface area contributed by atoms with E-state index in [1.165, 1.54) is 26.2 Å². The van der Waals surface area contributed by atoms with Crippen LogP contribution in [0.25, 0.3) is 0 Å². The molecule has 0 unspecified atom stereocenters. The Hall–Kier alpha value is -1.10. The second-order valence-electron chi connectivity index (χ2n) is 5.36. The quantitative estimate of drug-likeness (QED) is 0.842. The number of benzene rings is 1. The minimum Gasteiger partial charge on any atom is -0.492 e. The van der Waals surface area contributed by atoms with Gasteiger partial charge in [0.05, 0.1) is 0 Å². The molecule has 1 N–H and O–H groups in total. The topological polar surface area (TPSA) is 27.7 Å². The number of nitrogens with zero attached hydrogens (tertiary/aromatic N) is 2. The van der Waals surface area contributed by atoms with Gasteiger partial charge in [-0.25, -0.2) is 0 Å². The molecule has 0 bridgehead atoms. The molecule has 0 amide bonds. The van der Waals surface area contributed by atoms with E-state index in [-0.39, 0.29) is 0 Å². The fourth-order valence-electron chi connectivity index (χ4n) is 2.81. The molecule has 1 aromatic carbocycles. The number of ether oxygens (including phenoxy) is 1. The van der Waals surface area contributed by atoms with E-state index in [1.54, 1.807) is 0 Å². The molecule has 2 saturated heterocycles. The van der Waals surface area contributed by atoms with Crippen molar-refractivity contribution in [1.29, 1.82) is 0 Å². The van der Waals surface area contributed by atoms with Gasteiger partial charge in [-0.05, 0) is 12.1 Å². The van der Waals surface area contributed by atoms with E-state index in [0.29, 0.717) is 0 Å². The number of likely N-dealkylation sites (tertiary alicyclic amines) is 1. The fraction of sp³-hybridized carbons (Fsp3) is 0.600. The minimum absolute atomic E-state index is 0.777. The van der Waals surface area contributed by atoms with Crippen molar-refractivity contribution in [1.82, 2.24) is 15.1 Å². The van der Waals surface area contributed by atoms with Crippen molar-refractivity contribution >= 4 is 0 Å². The van der Waals surface area contributed by atoms with Crippen LogP contribution >= 0.6 is 0 Å². The van der Waals surface area contributed by atoms with Gasteiger partial charge in [-0.3, -0.25) is 9.80 Å². The number of nitrogens with one attached hydrogen (secondary N) is 1. The van der Waals surface area contributed by atoms with E-state index >= 15 is 0 Å². The molecular weight excluding hydrogens is 238 g/mol. The maximum Gasteiger partial charge on any atom is 0.119 e. The van der Waals surface area contributed by atoms with Crippen molar-refractivity contribution in [2.24, 2.45) is 0 Å². The van der Waals surface area contributed by atoms with Gasteiger partial charge in [0, 0.05) is 51.9 Å². The first-order valence-electron chi connectivity index (χ1n) is 7.27. The summed E-state index contributed by atoms with van der Waals surface area (Å²) in [5.74, 6) is 0.974. The van der Waals surface area contributed by atoms with Crippen LogP contribution < -0.4 is 10.1 Å². The summed E-state index contributed by atoms with van der Waals surface area (Å²) in [6, 6.07) is 10.8. The van der Waals surface area contributed by atoms with Crippen molar-refractivity contribution in [2.45, 2.75) is 6.04 Å². The second kappa shape index (κ2) is 6.37. The first kappa shape index (κ1) is 12.9. The van der Waals surface area contributed by atoms with E-state index in [1.807, 2.05) is 30.3 Å². The Labute approximate surface area is 115 Å². The lowest BCUT2D eigenvalue weighted by molar-refractivity contribution is 0.0202. The summed E-state index contributed by atoms with van der Waals surface area (Å²) in [7, 11) is 0. The molecular formula is C15H23N3O. The lowest BCUT2D eigenvalue weighted by Crippen LogP contribution is -2.63. The molecule has 2 heterocycles. The van der Waals surface area contributed by atoms with Crippen molar-refractivity contribution in [3.8, 4) is 5.75 Å². The molecule has 2 aliphatic rings. The predicted molar refractivity (Wildman–Crippen MR) is 76.6 cm³/mol. The summed E-state index contributed by atoms with van der Waals surface area (Å²) in [6.07, 6.45) is 0. The SMILES string of the molecule is c1ccc(OCCN2CC(N3CCNCC3)C2)cc1. The molecule has 4 nitrogen and oxygen atoms in total. The highest BCUT2D eigenvalue weighted by molar-refractivity contribution is 5.20. The lowest BCUT2D eigenvalue weighted by Gasteiger charge is -2.46. The third-order valence-electron chi connectivity index (χ3n) is 4.03. The van der Waals surface area contributed by atoms with Gasteiger partial charge in [-0.2, -0.15) is 0 Å². The molecule has 1 aromatic rings. The first-order valence-corrected chi connectivity index (χ1v) is 7.27. The van der Waals surface area contributed by atoms with Crippen molar-refractivity contribution in [3.05, 3.63) is 30.3 Å². The number of piperazine rings is 1. The van der Waals surface area contributed by atoms with Crippen LogP contribution in [-0.2, 0) is 0 Å². The molecule has 19 heavy (non-hydrogen) atoms. The smallest absolute Gasteiger partial charge is 0.119 e. The van der Waals surface area contributed by atoms with Gasteiger partial charge in [0.25, 0.3) is 0 Å². The Morgan fingerprint density at radius 2 is 1.84 bits per heavy atom. The monoisotopic (exact) mass is 261 g/mol. The van der Waals surface area contributed by atoms with Crippen LogP contribution in [0, 0.1) is 0 Å². The average molecular weight is 261 g/mol. The van der Waals surface area contributed by atoms with Crippen molar-refractivity contribution in [2.75, 3.05) is 52.4 Å². The molecule has 0 spiro atoms. The molecule has 104 valence electrons. The Morgan fingerprint density at radius 1 is 1.11 bits per heavy atom. The van der Waals surface area contributed by atoms with Crippen LogP contribution in [0.1, 0.15) is 0 Å². The fourth-order valence-corrected chi connectivity index (χ4v) is 2.81. The second-order valence-corrected chi connectivity index (χ2v) is 5.36. The van der Waals surface area contributed by atoms with Crippen LogP contribution in [0.5, 0.6) is 5.75 Å². The summed E-state index contributed by atoms with van der Waals surface area (Å²) >= 11 is 0. The van der Waals surface area contributed by atoms with Gasteiger partial charge in [0.2, 0.25) is 0 Å². The summed E-state index contributed by atoms with van der Waals surface area (Å²) in [5, 5.41) is 3.41. The van der Waals surface area contributed by atoms with Crippen LogP contribution in [0.4, 0.5) is 0 Å². The Kier molecular flexibility index (Phi) is 4.33. The summed E-state index contributed by atoms with van der Waals surface area (Å²) < 4.78 is 5.73. The highest BCUT2D eigenvalue weighted by atomic mass is 16.5. The third-order valence-corrected chi connectivity index (χ3v) is 4.03. The summed E-state index contributed by atoms with van der Waals surface area (Å²) in [5.41, 5.74) is 0. The van der Waals surface area contributed by atoms with Gasteiger partial charge in [-0.1, -0.05) is 18.2 Å². The normalized spacial score (nSPS) is 22.1. The Morgan fingerprint density at radius 3 is 2.58 bits per heavy atom. The zero-order valence-electron chi connectivity index (χ0n) is 11.4. The van der Waals surface area contributed by atoms with E-state index in [0.717, 1.165) is 38.0 Å². The van der Waals surface area contributed by atoms with E-state index < -0.39 is 0 Å². The van der Waals surface area contributed by atoms with Crippen LogP contribution in [0.3, 0.4) is 0 Å². The maximum atomic E-state index is 5.73. The number of para-hydroxylation sites is 1. The van der Waals surface area contributed by atoms with Crippen molar-refractivity contribution in [3.63, 3.8) is 0 Å². The summed E-state index contributed by atoms with van der Waals surface area (Å²) in [4.78, 5) is 5.10. The molecule has 0 aromatic heterocycles. The largest absolute Gasteiger partial charge is 0.492 e. The number of hydrogen-bond donors (Lipinski definition) is 1. The van der Waals surface area contributed by atoms with Gasteiger partial charge in [-0.15, -0.1) is 0 Å². The Bertz CT molecular complexity index is 372. The van der Waals surface area contributed by atoms with E-state index in [9.17, 15) is 0 Å². The summed E-state index contributed by atoms with van der Waals surface area (Å²) in [6.45, 7) is 8.95. The van der Waals surface area contributed by atoms with Gasteiger partial charge in [0.1, 0.15) is 12.4 Å². The highest BCUT2D eigenvalue weighted by Crippen LogP contribution is 2.15. The molecule has 4 heteroatoms. The zero-order valence-corrected chi connectivity index (χ0v) is 11.4. The molecule has 0 aliphatic carbocycles. The van der Waals surface area contributed by atoms with Gasteiger partial charge in [0.15, 0.2) is 0 Å². The van der Waals surface area contributed by atoms with Crippen molar-refractivity contribution < 1.29 is 4.74 Å². The molecule has 2 fully saturated rings. The number of rotatable bonds is 5. The first-order chi connectivity index (χ1) is 9.42. The average Bonchev–Trinajstić information content (AvgIpc) is 2.43. The standard InChI is InChI=1S/C15H23N3O/c1-2-4-15(5-3-1)19-11-10-17-12-14(13-17)18-8-6-16-7-9-18/h1-5,14,16H,6-13H2. The predicted octanol–water partition coefficient (Wildman–Crippen LogP) is 0.655. The molecule has 2 aliphatic heterocycles. The third kappa shape index (κ3) is 3.47. The van der Waals surface area contributed by atoms with E-state index in [2.05, 4.69) is 15.1 Å². The van der Waals surface area contributed by atoms with Gasteiger partial charge < -0.3 is 10.1 Å². The van der Waals surface area contributed by atoms with Crippen LogP contribution in [0.15, 0.2) is 30.3 Å². The molecule has 3 rings (SSSR count). The highest BCUT2D eigenvalue weighted by Gasteiger charge is 2.31. The number of hydrogen-bond acceptors (Lipinski definition) is 4. The zero-order chi connectivity index (χ0) is 12.9. The van der Waals surface area contributed by atoms with Crippen LogP contribution in [-0.4, -0.2) is 68.3 Å². The minimum atomic E-state index is 0.777. The maximum absolute atomic E-state index is 5.73. The molecule has 0 atom stereocenters. The Balaban J connectivity index is 1.31. The van der Waals surface area contributed by atoms with Crippen LogP contribution in [0.2, 0.25) is 0 Å².